The van der Waals surface area contributed by atoms with Crippen LogP contribution >= 0.6 is 0 Å². The van der Waals surface area contributed by atoms with Gasteiger partial charge in [-0.25, -0.2) is 0 Å². The normalized spacial score (nSPS) is 12.0. The Hall–Kier alpha value is -1.96. The van der Waals surface area contributed by atoms with Crippen LogP contribution in [0.5, 0.6) is 5.75 Å². The predicted octanol–water partition coefficient (Wildman–Crippen LogP) is 5.21. The molecule has 2 aromatic rings. The molecule has 112 valence electrons. The van der Waals surface area contributed by atoms with Crippen molar-refractivity contribution in [3.63, 3.8) is 0 Å². The van der Waals surface area contributed by atoms with Crippen LogP contribution in [0.15, 0.2) is 48.5 Å². The van der Waals surface area contributed by atoms with Crippen molar-refractivity contribution in [2.45, 2.75) is 39.2 Å². The van der Waals surface area contributed by atoms with Gasteiger partial charge in [0.25, 0.3) is 0 Å². The van der Waals surface area contributed by atoms with Crippen LogP contribution in [0.4, 0.5) is 5.69 Å². The van der Waals surface area contributed by atoms with E-state index in [4.69, 9.17) is 4.74 Å². The van der Waals surface area contributed by atoms with Crippen molar-refractivity contribution >= 4 is 5.69 Å². The van der Waals surface area contributed by atoms with Gasteiger partial charge in [0, 0.05) is 5.69 Å². The third-order valence-corrected chi connectivity index (χ3v) is 3.79. The van der Waals surface area contributed by atoms with Crippen LogP contribution in [-0.4, -0.2) is 7.11 Å². The number of anilines is 1. The summed E-state index contributed by atoms with van der Waals surface area (Å²) in [4.78, 5) is 0. The maximum absolute atomic E-state index is 5.23. The molecule has 0 fully saturated rings. The molecule has 0 saturated heterocycles. The second kappa shape index (κ2) is 7.72. The van der Waals surface area contributed by atoms with Gasteiger partial charge < -0.3 is 10.1 Å². The van der Waals surface area contributed by atoms with Crippen molar-refractivity contribution < 1.29 is 4.74 Å². The molecular formula is C19H25NO. The molecule has 0 spiro atoms. The summed E-state index contributed by atoms with van der Waals surface area (Å²) in [7, 11) is 1.70. The molecule has 0 aliphatic heterocycles. The molecular weight excluding hydrogens is 258 g/mol. The largest absolute Gasteiger partial charge is 0.497 e. The smallest absolute Gasteiger partial charge is 0.118 e. The van der Waals surface area contributed by atoms with Crippen LogP contribution in [-0.2, 0) is 6.42 Å². The number of methoxy groups -OCH3 is 1. The standard InChI is InChI=1S/C19H25NO/c1-4-8-15-9-6-7-10-19(15)20-18(5-2)16-11-13-17(21-3)14-12-16/h6-7,9-14,18,20H,4-5,8H2,1-3H3. The van der Waals surface area contributed by atoms with E-state index in [0.717, 1.165) is 25.0 Å². The van der Waals surface area contributed by atoms with Gasteiger partial charge >= 0.3 is 0 Å². The molecule has 0 saturated carbocycles. The zero-order chi connectivity index (χ0) is 15.1. The van der Waals surface area contributed by atoms with Crippen LogP contribution in [0.3, 0.4) is 0 Å². The first kappa shape index (κ1) is 15.4. The van der Waals surface area contributed by atoms with E-state index in [2.05, 4.69) is 55.6 Å². The summed E-state index contributed by atoms with van der Waals surface area (Å²) in [5.74, 6) is 0.903. The number of benzene rings is 2. The van der Waals surface area contributed by atoms with Crippen molar-refractivity contribution in [1.82, 2.24) is 0 Å². The van der Waals surface area contributed by atoms with E-state index in [0.29, 0.717) is 6.04 Å². The maximum atomic E-state index is 5.23. The molecule has 0 amide bonds. The van der Waals surface area contributed by atoms with Gasteiger partial charge in [0.2, 0.25) is 0 Å². The number of ether oxygens (including phenoxy) is 1. The van der Waals surface area contributed by atoms with Crippen molar-refractivity contribution in [3.05, 3.63) is 59.7 Å². The average molecular weight is 283 g/mol. The second-order valence-corrected chi connectivity index (χ2v) is 5.29. The van der Waals surface area contributed by atoms with Crippen LogP contribution in [0.25, 0.3) is 0 Å². The molecule has 0 bridgehead atoms. The fraction of sp³-hybridized carbons (Fsp3) is 0.368. The molecule has 1 atom stereocenters. The average Bonchev–Trinajstić information content (AvgIpc) is 2.54. The lowest BCUT2D eigenvalue weighted by Crippen LogP contribution is -2.11. The zero-order valence-corrected chi connectivity index (χ0v) is 13.2. The number of aryl methyl sites for hydroxylation is 1. The Morgan fingerprint density at radius 1 is 1.00 bits per heavy atom. The van der Waals surface area contributed by atoms with Crippen molar-refractivity contribution in [2.75, 3.05) is 12.4 Å². The Morgan fingerprint density at radius 2 is 1.71 bits per heavy atom. The minimum atomic E-state index is 0.328. The first-order valence-electron chi connectivity index (χ1n) is 7.76. The van der Waals surface area contributed by atoms with E-state index >= 15 is 0 Å². The van der Waals surface area contributed by atoms with Crippen molar-refractivity contribution in [1.29, 1.82) is 0 Å². The SMILES string of the molecule is CCCc1ccccc1NC(CC)c1ccc(OC)cc1. The van der Waals surface area contributed by atoms with Gasteiger partial charge in [0.1, 0.15) is 5.75 Å². The van der Waals surface area contributed by atoms with E-state index in [-0.39, 0.29) is 0 Å². The minimum Gasteiger partial charge on any atom is -0.497 e. The zero-order valence-electron chi connectivity index (χ0n) is 13.2. The van der Waals surface area contributed by atoms with Gasteiger partial charge in [-0.2, -0.15) is 0 Å². The monoisotopic (exact) mass is 283 g/mol. The summed E-state index contributed by atoms with van der Waals surface area (Å²) in [6, 6.07) is 17.3. The maximum Gasteiger partial charge on any atom is 0.118 e. The number of hydrogen-bond donors (Lipinski definition) is 1. The van der Waals surface area contributed by atoms with Crippen molar-refractivity contribution in [2.24, 2.45) is 0 Å². The van der Waals surface area contributed by atoms with Crippen LogP contribution in [0.1, 0.15) is 43.9 Å². The Labute approximate surface area is 128 Å². The number of rotatable bonds is 7. The second-order valence-electron chi connectivity index (χ2n) is 5.29. The molecule has 0 aliphatic rings. The Balaban J connectivity index is 2.18. The molecule has 0 aliphatic carbocycles. The molecule has 0 radical (unpaired) electrons. The summed E-state index contributed by atoms with van der Waals surface area (Å²) in [5.41, 5.74) is 3.94. The van der Waals surface area contributed by atoms with Gasteiger partial charge in [-0.3, -0.25) is 0 Å². The molecule has 0 heterocycles. The van der Waals surface area contributed by atoms with Gasteiger partial charge in [0.05, 0.1) is 13.2 Å². The van der Waals surface area contributed by atoms with Crippen molar-refractivity contribution in [3.8, 4) is 5.75 Å². The number of hydrogen-bond acceptors (Lipinski definition) is 2. The molecule has 21 heavy (non-hydrogen) atoms. The third kappa shape index (κ3) is 4.01. The minimum absolute atomic E-state index is 0.328. The van der Waals surface area contributed by atoms with E-state index in [1.54, 1.807) is 7.11 Å². The fourth-order valence-corrected chi connectivity index (χ4v) is 2.59. The highest BCUT2D eigenvalue weighted by molar-refractivity contribution is 5.53. The van der Waals surface area contributed by atoms with E-state index < -0.39 is 0 Å². The molecule has 1 N–H and O–H groups in total. The molecule has 0 aromatic heterocycles. The van der Waals surface area contributed by atoms with Crippen LogP contribution < -0.4 is 10.1 Å². The summed E-state index contributed by atoms with van der Waals surface area (Å²) in [6.45, 7) is 4.43. The first-order valence-corrected chi connectivity index (χ1v) is 7.76. The Morgan fingerprint density at radius 3 is 2.33 bits per heavy atom. The highest BCUT2D eigenvalue weighted by Crippen LogP contribution is 2.26. The lowest BCUT2D eigenvalue weighted by molar-refractivity contribution is 0.414. The lowest BCUT2D eigenvalue weighted by Gasteiger charge is -2.21. The summed E-state index contributed by atoms with van der Waals surface area (Å²) in [5, 5.41) is 3.70. The molecule has 2 aromatic carbocycles. The van der Waals surface area contributed by atoms with E-state index in [9.17, 15) is 0 Å². The first-order chi connectivity index (χ1) is 10.3. The molecule has 2 rings (SSSR count). The number of nitrogens with one attached hydrogen (secondary N) is 1. The fourth-order valence-electron chi connectivity index (χ4n) is 2.59. The Kier molecular flexibility index (Phi) is 5.68. The van der Waals surface area contributed by atoms with Gasteiger partial charge in [-0.1, -0.05) is 50.6 Å². The highest BCUT2D eigenvalue weighted by Gasteiger charge is 2.11. The van der Waals surface area contributed by atoms with Gasteiger partial charge in [-0.05, 0) is 42.2 Å². The van der Waals surface area contributed by atoms with E-state index in [1.807, 2.05) is 12.1 Å². The Bertz CT molecular complexity index is 548. The molecule has 2 heteroatoms. The topological polar surface area (TPSA) is 21.3 Å². The van der Waals surface area contributed by atoms with E-state index in [1.165, 1.54) is 16.8 Å². The predicted molar refractivity (Wildman–Crippen MR) is 90.1 cm³/mol. The van der Waals surface area contributed by atoms with Gasteiger partial charge in [0.15, 0.2) is 0 Å². The molecule has 2 nitrogen and oxygen atoms in total. The summed E-state index contributed by atoms with van der Waals surface area (Å²) < 4.78 is 5.23. The van der Waals surface area contributed by atoms with Crippen LogP contribution in [0, 0.1) is 0 Å². The molecule has 1 unspecified atom stereocenters. The summed E-state index contributed by atoms with van der Waals surface area (Å²) >= 11 is 0. The number of para-hydroxylation sites is 1. The van der Waals surface area contributed by atoms with Crippen LogP contribution in [0.2, 0.25) is 0 Å². The third-order valence-electron chi connectivity index (χ3n) is 3.79. The highest BCUT2D eigenvalue weighted by atomic mass is 16.5. The summed E-state index contributed by atoms with van der Waals surface area (Å²) in [6.07, 6.45) is 3.33. The quantitative estimate of drug-likeness (QED) is 0.753. The van der Waals surface area contributed by atoms with Gasteiger partial charge in [-0.15, -0.1) is 0 Å². The lowest BCUT2D eigenvalue weighted by atomic mass is 10.0.